The minimum Gasteiger partial charge on any atom is -0.309 e. The van der Waals surface area contributed by atoms with Gasteiger partial charge in [0.15, 0.2) is 0 Å². The summed E-state index contributed by atoms with van der Waals surface area (Å²) in [6, 6.07) is 101. The summed E-state index contributed by atoms with van der Waals surface area (Å²) >= 11 is 0. The lowest BCUT2D eigenvalue weighted by atomic mass is 9.68. The first-order valence-electron chi connectivity index (χ1n) is 23.6. The zero-order valence-corrected chi connectivity index (χ0v) is 37.4. The van der Waals surface area contributed by atoms with Crippen LogP contribution in [0.1, 0.15) is 22.3 Å². The third-order valence-corrected chi connectivity index (χ3v) is 14.3. The van der Waals surface area contributed by atoms with Crippen LogP contribution >= 0.6 is 0 Å². The highest BCUT2D eigenvalue weighted by molar-refractivity contribution is 6.22. The van der Waals surface area contributed by atoms with Crippen LogP contribution in [0, 0.1) is 0 Å². The fourth-order valence-corrected chi connectivity index (χ4v) is 11.5. The van der Waals surface area contributed by atoms with E-state index in [1.807, 2.05) is 0 Å². The van der Waals surface area contributed by atoms with Crippen LogP contribution in [0.15, 0.2) is 273 Å². The number of para-hydroxylation sites is 1. The second-order valence-electron chi connectivity index (χ2n) is 17.9. The third-order valence-electron chi connectivity index (χ3n) is 14.3. The Morgan fingerprint density at radius 2 is 0.779 bits per heavy atom. The van der Waals surface area contributed by atoms with Crippen LogP contribution in [0.25, 0.3) is 76.8 Å². The Hall–Kier alpha value is -8.78. The smallest absolute Gasteiger partial charge is 0.0714 e. The van der Waals surface area contributed by atoms with Crippen molar-refractivity contribution >= 4 is 49.4 Å². The zero-order valence-electron chi connectivity index (χ0n) is 37.4. The highest BCUT2D eigenvalue weighted by atomic mass is 15.1. The molecule has 0 fully saturated rings. The Morgan fingerprint density at radius 3 is 1.49 bits per heavy atom. The van der Waals surface area contributed by atoms with E-state index < -0.39 is 5.41 Å². The highest BCUT2D eigenvalue weighted by Crippen LogP contribution is 2.60. The first-order valence-corrected chi connectivity index (χ1v) is 23.6. The Labute approximate surface area is 397 Å². The van der Waals surface area contributed by atoms with E-state index in [1.165, 1.54) is 88.0 Å². The molecular formula is C67H45N. The van der Waals surface area contributed by atoms with Gasteiger partial charge in [0.2, 0.25) is 0 Å². The molecule has 0 radical (unpaired) electrons. The molecule has 0 N–H and O–H groups in total. The van der Waals surface area contributed by atoms with Crippen molar-refractivity contribution in [2.75, 3.05) is 4.90 Å². The standard InChI is InChI=1S/C67H45N/c1-5-23-47(24-6-1)64-57-34-16-15-33-55(57)56-43-41-50(45-59(56)65(64)48-25-7-2-8-26-48)54-32-18-20-38-62(54)68(53-42-40-46-22-13-14-27-49(46)44-53)63-39-21-37-61-66(63)58-35-17-19-36-60(58)67(61,51-28-9-3-10-29-51)52-30-11-4-12-31-52/h1-45H. The molecule has 1 heteroatoms. The molecule has 0 atom stereocenters. The third kappa shape index (κ3) is 6.17. The molecule has 1 aliphatic carbocycles. The maximum atomic E-state index is 2.53. The zero-order chi connectivity index (χ0) is 45.0. The van der Waals surface area contributed by atoms with Crippen LogP contribution < -0.4 is 4.90 Å². The van der Waals surface area contributed by atoms with Gasteiger partial charge in [0, 0.05) is 16.8 Å². The van der Waals surface area contributed by atoms with E-state index in [9.17, 15) is 0 Å². The molecule has 0 heterocycles. The van der Waals surface area contributed by atoms with Gasteiger partial charge < -0.3 is 4.90 Å². The normalized spacial score (nSPS) is 12.5. The number of nitrogens with zero attached hydrogens (tertiary/aromatic N) is 1. The van der Waals surface area contributed by atoms with Crippen molar-refractivity contribution in [1.29, 1.82) is 0 Å². The van der Waals surface area contributed by atoms with Crippen molar-refractivity contribution in [3.05, 3.63) is 295 Å². The molecular weight excluding hydrogens is 819 g/mol. The highest BCUT2D eigenvalue weighted by Gasteiger charge is 2.47. The number of hydrogen-bond acceptors (Lipinski definition) is 1. The fraction of sp³-hybridized carbons (Fsp3) is 0.0149. The van der Waals surface area contributed by atoms with E-state index >= 15 is 0 Å². The monoisotopic (exact) mass is 863 g/mol. The molecule has 1 aliphatic rings. The first-order chi connectivity index (χ1) is 33.8. The van der Waals surface area contributed by atoms with Gasteiger partial charge in [0.25, 0.3) is 0 Å². The van der Waals surface area contributed by atoms with E-state index in [1.54, 1.807) is 0 Å². The largest absolute Gasteiger partial charge is 0.309 e. The van der Waals surface area contributed by atoms with Gasteiger partial charge in [-0.2, -0.15) is 0 Å². The van der Waals surface area contributed by atoms with Gasteiger partial charge >= 0.3 is 0 Å². The van der Waals surface area contributed by atoms with Crippen LogP contribution in [0.5, 0.6) is 0 Å². The molecule has 318 valence electrons. The summed E-state index contributed by atoms with van der Waals surface area (Å²) in [7, 11) is 0. The Balaban J connectivity index is 1.11. The molecule has 0 spiro atoms. The van der Waals surface area contributed by atoms with Crippen molar-refractivity contribution in [2.45, 2.75) is 5.41 Å². The fourth-order valence-electron chi connectivity index (χ4n) is 11.5. The summed E-state index contributed by atoms with van der Waals surface area (Å²) in [4.78, 5) is 2.53. The Morgan fingerprint density at radius 1 is 0.265 bits per heavy atom. The summed E-state index contributed by atoms with van der Waals surface area (Å²) in [5.74, 6) is 0. The molecule has 12 aromatic carbocycles. The molecule has 0 saturated carbocycles. The average molecular weight is 864 g/mol. The van der Waals surface area contributed by atoms with Crippen molar-refractivity contribution in [2.24, 2.45) is 0 Å². The van der Waals surface area contributed by atoms with E-state index in [4.69, 9.17) is 0 Å². The summed E-state index contributed by atoms with van der Waals surface area (Å²) in [5, 5.41) is 7.37. The SMILES string of the molecule is c1ccc(-c2c(-c3ccccc3)c3cc(-c4ccccc4N(c4ccc5ccccc5c4)c4cccc5c4-c4ccccc4C5(c4ccccc4)c4ccccc4)ccc3c3ccccc23)cc1. The second kappa shape index (κ2) is 16.3. The first kappa shape index (κ1) is 39.6. The van der Waals surface area contributed by atoms with Crippen molar-refractivity contribution in [3.63, 3.8) is 0 Å². The van der Waals surface area contributed by atoms with Crippen LogP contribution in [-0.2, 0) is 5.41 Å². The number of rotatable bonds is 8. The topological polar surface area (TPSA) is 3.24 Å². The van der Waals surface area contributed by atoms with E-state index in [2.05, 4.69) is 278 Å². The molecule has 0 saturated heterocycles. The lowest BCUT2D eigenvalue weighted by molar-refractivity contribution is 0.768. The quantitative estimate of drug-likeness (QED) is 0.138. The van der Waals surface area contributed by atoms with E-state index in [-0.39, 0.29) is 0 Å². The average Bonchev–Trinajstić information content (AvgIpc) is 3.73. The maximum absolute atomic E-state index is 2.53. The minimum absolute atomic E-state index is 0.537. The van der Waals surface area contributed by atoms with Gasteiger partial charge in [0.05, 0.1) is 16.8 Å². The lowest BCUT2D eigenvalue weighted by Crippen LogP contribution is -2.28. The molecule has 0 amide bonds. The van der Waals surface area contributed by atoms with Crippen LogP contribution in [0.3, 0.4) is 0 Å². The van der Waals surface area contributed by atoms with Gasteiger partial charge in [-0.3, -0.25) is 0 Å². The van der Waals surface area contributed by atoms with Crippen LogP contribution in [0.4, 0.5) is 17.1 Å². The molecule has 0 aromatic heterocycles. The van der Waals surface area contributed by atoms with Gasteiger partial charge in [-0.25, -0.2) is 0 Å². The van der Waals surface area contributed by atoms with Gasteiger partial charge in [-0.15, -0.1) is 0 Å². The summed E-state index contributed by atoms with van der Waals surface area (Å²) in [6.45, 7) is 0. The minimum atomic E-state index is -0.537. The van der Waals surface area contributed by atoms with Crippen molar-refractivity contribution in [1.82, 2.24) is 0 Å². The predicted octanol–water partition coefficient (Wildman–Crippen LogP) is 18.0. The molecule has 0 bridgehead atoms. The van der Waals surface area contributed by atoms with Gasteiger partial charge in [-0.05, 0) is 118 Å². The molecule has 1 nitrogen and oxygen atoms in total. The lowest BCUT2D eigenvalue weighted by Gasteiger charge is -2.34. The Kier molecular flexibility index (Phi) is 9.47. The summed E-state index contributed by atoms with van der Waals surface area (Å²) in [5.41, 5.74) is 17.5. The number of benzene rings is 12. The second-order valence-corrected chi connectivity index (χ2v) is 17.9. The molecule has 68 heavy (non-hydrogen) atoms. The summed E-state index contributed by atoms with van der Waals surface area (Å²) < 4.78 is 0. The van der Waals surface area contributed by atoms with Crippen molar-refractivity contribution < 1.29 is 0 Å². The van der Waals surface area contributed by atoms with Gasteiger partial charge in [-0.1, -0.05) is 243 Å². The number of anilines is 3. The van der Waals surface area contributed by atoms with E-state index in [0.717, 1.165) is 28.2 Å². The van der Waals surface area contributed by atoms with Crippen molar-refractivity contribution in [3.8, 4) is 44.5 Å². The van der Waals surface area contributed by atoms with Gasteiger partial charge in [0.1, 0.15) is 0 Å². The molecule has 0 aliphatic heterocycles. The van der Waals surface area contributed by atoms with Crippen LogP contribution in [-0.4, -0.2) is 0 Å². The predicted molar refractivity (Wildman–Crippen MR) is 287 cm³/mol. The Bertz CT molecular complexity index is 3800. The maximum Gasteiger partial charge on any atom is 0.0714 e. The number of fused-ring (bicyclic) bond motifs is 7. The number of hydrogen-bond donors (Lipinski definition) is 0. The van der Waals surface area contributed by atoms with E-state index in [0.29, 0.717) is 0 Å². The molecule has 13 rings (SSSR count). The van der Waals surface area contributed by atoms with Crippen LogP contribution in [0.2, 0.25) is 0 Å². The summed E-state index contributed by atoms with van der Waals surface area (Å²) in [6.07, 6.45) is 0. The molecule has 12 aromatic rings. The molecule has 0 unspecified atom stereocenters.